The predicted octanol–water partition coefficient (Wildman–Crippen LogP) is 3.88. The monoisotopic (exact) mass is 211 g/mol. The number of aryl methyl sites for hydroxylation is 1. The van der Waals surface area contributed by atoms with Gasteiger partial charge in [0.2, 0.25) is 0 Å². The molecule has 1 rings (SSSR count). The molecule has 0 amide bonds. The van der Waals surface area contributed by atoms with Crippen molar-refractivity contribution in [3.05, 3.63) is 21.9 Å². The Morgan fingerprint density at radius 3 is 2.36 bits per heavy atom. The summed E-state index contributed by atoms with van der Waals surface area (Å²) in [5.74, 6) is 0.785. The summed E-state index contributed by atoms with van der Waals surface area (Å²) in [6, 6.07) is 4.58. The highest BCUT2D eigenvalue weighted by atomic mass is 32.1. The molecule has 0 aliphatic heterocycles. The summed E-state index contributed by atoms with van der Waals surface area (Å²) in [5, 5.41) is 0. The van der Waals surface area contributed by atoms with Gasteiger partial charge in [0.15, 0.2) is 0 Å². The minimum Gasteiger partial charge on any atom is -0.323 e. The lowest BCUT2D eigenvalue weighted by Crippen LogP contribution is -2.13. The number of hydrogen-bond donors (Lipinski definition) is 1. The van der Waals surface area contributed by atoms with E-state index in [1.165, 1.54) is 22.6 Å². The molecule has 0 unspecified atom stereocenters. The van der Waals surface area contributed by atoms with Crippen LogP contribution in [-0.4, -0.2) is 0 Å². The van der Waals surface area contributed by atoms with E-state index in [-0.39, 0.29) is 6.04 Å². The molecular weight excluding hydrogens is 190 g/mol. The lowest BCUT2D eigenvalue weighted by atomic mass is 9.94. The van der Waals surface area contributed by atoms with Crippen LogP contribution in [0.5, 0.6) is 0 Å². The highest BCUT2D eigenvalue weighted by Crippen LogP contribution is 2.27. The maximum absolute atomic E-state index is 6.17. The topological polar surface area (TPSA) is 26.0 Å². The molecule has 2 heteroatoms. The molecule has 14 heavy (non-hydrogen) atoms. The maximum Gasteiger partial charge on any atom is 0.0392 e. The lowest BCUT2D eigenvalue weighted by molar-refractivity contribution is 0.417. The van der Waals surface area contributed by atoms with Crippen LogP contribution in [0.1, 0.15) is 48.9 Å². The third kappa shape index (κ3) is 3.10. The Bertz CT molecular complexity index is 263. The molecule has 2 N–H and O–H groups in total. The molecule has 0 aliphatic rings. The third-order valence-corrected chi connectivity index (χ3v) is 4.00. The molecule has 0 aliphatic carbocycles. The van der Waals surface area contributed by atoms with Crippen LogP contribution in [0, 0.1) is 12.8 Å². The van der Waals surface area contributed by atoms with Gasteiger partial charge in [0.1, 0.15) is 0 Å². The van der Waals surface area contributed by atoms with Gasteiger partial charge >= 0.3 is 0 Å². The number of hydrogen-bond acceptors (Lipinski definition) is 2. The Balaban J connectivity index is 2.53. The van der Waals surface area contributed by atoms with Gasteiger partial charge in [0.25, 0.3) is 0 Å². The molecule has 0 saturated heterocycles. The van der Waals surface area contributed by atoms with Crippen LogP contribution in [0.25, 0.3) is 0 Å². The second-order valence-corrected chi connectivity index (χ2v) is 5.29. The summed E-state index contributed by atoms with van der Waals surface area (Å²) in [6.45, 7) is 6.64. The molecular formula is C12H21NS. The zero-order valence-corrected chi connectivity index (χ0v) is 10.2. The molecule has 0 radical (unpaired) electrons. The number of thiophene rings is 1. The van der Waals surface area contributed by atoms with Crippen molar-refractivity contribution in [3.63, 3.8) is 0 Å². The second kappa shape index (κ2) is 5.52. The molecule has 0 saturated carbocycles. The van der Waals surface area contributed by atoms with Crippen molar-refractivity contribution in [2.24, 2.45) is 11.7 Å². The second-order valence-electron chi connectivity index (χ2n) is 3.97. The molecule has 0 fully saturated rings. The van der Waals surface area contributed by atoms with Gasteiger partial charge in [-0.15, -0.1) is 11.3 Å². The molecule has 1 nitrogen and oxygen atoms in total. The van der Waals surface area contributed by atoms with Crippen LogP contribution >= 0.6 is 11.3 Å². The number of rotatable bonds is 5. The first-order valence-corrected chi connectivity index (χ1v) is 6.30. The van der Waals surface area contributed by atoms with Gasteiger partial charge in [0.05, 0.1) is 0 Å². The van der Waals surface area contributed by atoms with E-state index in [1.807, 2.05) is 11.3 Å². The number of nitrogens with two attached hydrogens (primary N) is 1. The van der Waals surface area contributed by atoms with Gasteiger partial charge in [-0.2, -0.15) is 0 Å². The van der Waals surface area contributed by atoms with Gasteiger partial charge in [-0.25, -0.2) is 0 Å². The van der Waals surface area contributed by atoms with Crippen LogP contribution in [0.4, 0.5) is 0 Å². The van der Waals surface area contributed by atoms with Crippen molar-refractivity contribution in [2.45, 2.75) is 46.1 Å². The summed E-state index contributed by atoms with van der Waals surface area (Å²) in [7, 11) is 0. The fourth-order valence-electron chi connectivity index (χ4n) is 1.75. The Hall–Kier alpha value is -0.340. The summed E-state index contributed by atoms with van der Waals surface area (Å²) < 4.78 is 0. The van der Waals surface area contributed by atoms with Gasteiger partial charge in [-0.1, -0.05) is 26.7 Å². The van der Waals surface area contributed by atoms with E-state index in [0.717, 1.165) is 12.3 Å². The van der Waals surface area contributed by atoms with Crippen molar-refractivity contribution in [1.82, 2.24) is 0 Å². The van der Waals surface area contributed by atoms with Gasteiger partial charge < -0.3 is 5.73 Å². The molecule has 1 atom stereocenters. The van der Waals surface area contributed by atoms with E-state index in [1.54, 1.807) is 0 Å². The van der Waals surface area contributed by atoms with Crippen LogP contribution in [0.15, 0.2) is 12.1 Å². The van der Waals surface area contributed by atoms with Gasteiger partial charge in [0, 0.05) is 15.8 Å². The zero-order valence-electron chi connectivity index (χ0n) is 9.42. The smallest absolute Gasteiger partial charge is 0.0392 e. The molecule has 0 aromatic carbocycles. The Labute approximate surface area is 91.3 Å². The quantitative estimate of drug-likeness (QED) is 0.786. The molecule has 1 aromatic rings. The standard InChI is InChI=1S/C12H21NS/c1-4-10(5-2)8-11(13)12-7-6-9(3)14-12/h6-7,10-11H,4-5,8,13H2,1-3H3/t11-/m0/s1. The first-order valence-electron chi connectivity index (χ1n) is 5.49. The van der Waals surface area contributed by atoms with E-state index in [4.69, 9.17) is 5.73 Å². The summed E-state index contributed by atoms with van der Waals surface area (Å²) in [5.41, 5.74) is 6.17. The zero-order chi connectivity index (χ0) is 10.6. The average molecular weight is 211 g/mol. The maximum atomic E-state index is 6.17. The van der Waals surface area contributed by atoms with Crippen molar-refractivity contribution >= 4 is 11.3 Å². The fraction of sp³-hybridized carbons (Fsp3) is 0.667. The highest BCUT2D eigenvalue weighted by molar-refractivity contribution is 7.12. The predicted molar refractivity (Wildman–Crippen MR) is 64.7 cm³/mol. The van der Waals surface area contributed by atoms with Crippen molar-refractivity contribution in [3.8, 4) is 0 Å². The van der Waals surface area contributed by atoms with Crippen molar-refractivity contribution in [2.75, 3.05) is 0 Å². The van der Waals surface area contributed by atoms with Gasteiger partial charge in [-0.3, -0.25) is 0 Å². The molecule has 1 heterocycles. The van der Waals surface area contributed by atoms with Crippen molar-refractivity contribution in [1.29, 1.82) is 0 Å². The molecule has 1 aromatic heterocycles. The summed E-state index contributed by atoms with van der Waals surface area (Å²) >= 11 is 1.83. The van der Waals surface area contributed by atoms with E-state index in [9.17, 15) is 0 Å². The molecule has 80 valence electrons. The molecule has 0 spiro atoms. The Kier molecular flexibility index (Phi) is 4.63. The normalized spacial score (nSPS) is 13.5. The highest BCUT2D eigenvalue weighted by Gasteiger charge is 2.13. The third-order valence-electron chi connectivity index (χ3n) is 2.87. The largest absolute Gasteiger partial charge is 0.323 e. The molecule has 0 bridgehead atoms. The van der Waals surface area contributed by atoms with Crippen LogP contribution in [-0.2, 0) is 0 Å². The summed E-state index contributed by atoms with van der Waals surface area (Å²) in [6.07, 6.45) is 3.62. The first kappa shape index (κ1) is 11.7. The Morgan fingerprint density at radius 1 is 1.29 bits per heavy atom. The fourth-order valence-corrected chi connectivity index (χ4v) is 2.64. The van der Waals surface area contributed by atoms with Gasteiger partial charge in [-0.05, 0) is 31.4 Å². The van der Waals surface area contributed by atoms with Crippen LogP contribution in [0.3, 0.4) is 0 Å². The first-order chi connectivity index (χ1) is 6.67. The minimum atomic E-state index is 0.249. The summed E-state index contributed by atoms with van der Waals surface area (Å²) in [4.78, 5) is 2.70. The van der Waals surface area contributed by atoms with Crippen molar-refractivity contribution < 1.29 is 0 Å². The van der Waals surface area contributed by atoms with Crippen LogP contribution < -0.4 is 5.73 Å². The minimum absolute atomic E-state index is 0.249. The van der Waals surface area contributed by atoms with E-state index in [2.05, 4.69) is 32.9 Å². The SMILES string of the molecule is CCC(CC)C[C@H](N)c1ccc(C)s1. The average Bonchev–Trinajstić information content (AvgIpc) is 2.61. The van der Waals surface area contributed by atoms with E-state index in [0.29, 0.717) is 0 Å². The van der Waals surface area contributed by atoms with E-state index >= 15 is 0 Å². The Morgan fingerprint density at radius 2 is 1.93 bits per heavy atom. The lowest BCUT2D eigenvalue weighted by Gasteiger charge is -2.16. The van der Waals surface area contributed by atoms with Crippen LogP contribution in [0.2, 0.25) is 0 Å². The van der Waals surface area contributed by atoms with E-state index < -0.39 is 0 Å².